The molecule has 0 aliphatic heterocycles. The van der Waals surface area contributed by atoms with Crippen LogP contribution in [0, 0.1) is 0 Å². The first-order valence-corrected chi connectivity index (χ1v) is 8.48. The highest BCUT2D eigenvalue weighted by molar-refractivity contribution is 5.80. The van der Waals surface area contributed by atoms with E-state index in [0.717, 1.165) is 28.2 Å². The molecule has 140 valence electrons. The maximum atomic E-state index is 5.47. The van der Waals surface area contributed by atoms with Crippen molar-refractivity contribution in [2.24, 2.45) is 0 Å². The summed E-state index contributed by atoms with van der Waals surface area (Å²) < 4.78 is 16.3. The van der Waals surface area contributed by atoms with E-state index in [1.807, 2.05) is 38.4 Å². The average molecular weight is 365 g/mol. The monoisotopic (exact) mass is 365 g/mol. The van der Waals surface area contributed by atoms with Crippen molar-refractivity contribution in [1.82, 2.24) is 9.97 Å². The molecule has 1 heterocycles. The van der Waals surface area contributed by atoms with Gasteiger partial charge < -0.3 is 19.1 Å². The number of rotatable bonds is 6. The predicted octanol–water partition coefficient (Wildman–Crippen LogP) is 3.90. The molecule has 0 saturated heterocycles. The molecule has 0 aliphatic carbocycles. The second kappa shape index (κ2) is 7.95. The highest BCUT2D eigenvalue weighted by Gasteiger charge is 2.17. The summed E-state index contributed by atoms with van der Waals surface area (Å²) in [6.45, 7) is 0. The Bertz CT molecular complexity index is 899. The molecule has 3 rings (SSSR count). The highest BCUT2D eigenvalue weighted by atomic mass is 16.5. The molecular weight excluding hydrogens is 342 g/mol. The van der Waals surface area contributed by atoms with Crippen molar-refractivity contribution in [3.8, 4) is 39.8 Å². The summed E-state index contributed by atoms with van der Waals surface area (Å²) in [7, 11) is 8.80. The molecule has 0 N–H and O–H groups in total. The summed E-state index contributed by atoms with van der Waals surface area (Å²) in [6, 6.07) is 12.0. The normalized spacial score (nSPS) is 10.4. The molecule has 1 aromatic heterocycles. The summed E-state index contributed by atoms with van der Waals surface area (Å²) in [5.41, 5.74) is 4.48. The Morgan fingerprint density at radius 1 is 0.704 bits per heavy atom. The average Bonchev–Trinajstić information content (AvgIpc) is 2.72. The van der Waals surface area contributed by atoms with Crippen LogP contribution < -0.4 is 19.1 Å². The number of ether oxygens (including phenoxy) is 3. The minimum Gasteiger partial charge on any atom is -0.493 e. The van der Waals surface area contributed by atoms with Gasteiger partial charge in [0.05, 0.1) is 32.7 Å². The molecule has 3 aromatic rings. The van der Waals surface area contributed by atoms with Crippen LogP contribution >= 0.6 is 0 Å². The molecule has 2 aromatic carbocycles. The van der Waals surface area contributed by atoms with Crippen molar-refractivity contribution in [2.45, 2.75) is 0 Å². The van der Waals surface area contributed by atoms with Crippen LogP contribution in [0.15, 0.2) is 48.8 Å². The maximum Gasteiger partial charge on any atom is 0.203 e. The zero-order valence-electron chi connectivity index (χ0n) is 16.2. The van der Waals surface area contributed by atoms with Crippen LogP contribution in [0.5, 0.6) is 17.2 Å². The number of benzene rings is 2. The molecular formula is C21H23N3O3. The first-order valence-electron chi connectivity index (χ1n) is 8.48. The lowest BCUT2D eigenvalue weighted by atomic mass is 10.0. The topological polar surface area (TPSA) is 56.7 Å². The molecule has 0 fully saturated rings. The molecule has 0 radical (unpaired) electrons. The van der Waals surface area contributed by atoms with E-state index in [2.05, 4.69) is 27.0 Å². The van der Waals surface area contributed by atoms with E-state index < -0.39 is 0 Å². The van der Waals surface area contributed by atoms with E-state index in [4.69, 9.17) is 14.2 Å². The Labute approximate surface area is 159 Å². The first-order chi connectivity index (χ1) is 13.1. The lowest BCUT2D eigenvalue weighted by Crippen LogP contribution is -2.08. The minimum atomic E-state index is 0.546. The van der Waals surface area contributed by atoms with Gasteiger partial charge in [-0.1, -0.05) is 12.1 Å². The van der Waals surface area contributed by atoms with Crippen LogP contribution in [0.4, 0.5) is 5.69 Å². The van der Waals surface area contributed by atoms with Crippen LogP contribution in [0.2, 0.25) is 0 Å². The summed E-state index contributed by atoms with van der Waals surface area (Å²) in [5, 5.41) is 0. The Kier molecular flexibility index (Phi) is 5.45. The van der Waals surface area contributed by atoms with Crippen LogP contribution in [-0.2, 0) is 0 Å². The Balaban J connectivity index is 2.14. The molecule has 0 atom stereocenters. The van der Waals surface area contributed by atoms with E-state index in [9.17, 15) is 0 Å². The number of hydrogen-bond donors (Lipinski definition) is 0. The fourth-order valence-electron chi connectivity index (χ4n) is 2.90. The lowest BCUT2D eigenvalue weighted by molar-refractivity contribution is 0.324. The number of methoxy groups -OCH3 is 3. The summed E-state index contributed by atoms with van der Waals surface area (Å²) >= 11 is 0. The SMILES string of the molecule is COc1cc(-c2nccnc2-c2ccc(N(C)C)cc2)cc(OC)c1OC. The Morgan fingerprint density at radius 2 is 1.22 bits per heavy atom. The summed E-state index contributed by atoms with van der Waals surface area (Å²) in [5.74, 6) is 1.70. The van der Waals surface area contributed by atoms with Crippen LogP contribution in [0.1, 0.15) is 0 Å². The van der Waals surface area contributed by atoms with Crippen molar-refractivity contribution in [1.29, 1.82) is 0 Å². The molecule has 0 unspecified atom stereocenters. The quantitative estimate of drug-likeness (QED) is 0.660. The zero-order chi connectivity index (χ0) is 19.4. The molecule has 0 aliphatic rings. The van der Waals surface area contributed by atoms with Crippen LogP contribution in [0.3, 0.4) is 0 Å². The molecule has 0 amide bonds. The first kappa shape index (κ1) is 18.5. The van der Waals surface area contributed by atoms with E-state index in [1.165, 1.54) is 0 Å². The molecule has 0 saturated carbocycles. The van der Waals surface area contributed by atoms with Gasteiger partial charge >= 0.3 is 0 Å². The smallest absolute Gasteiger partial charge is 0.203 e. The van der Waals surface area contributed by atoms with Gasteiger partial charge in [0.2, 0.25) is 5.75 Å². The van der Waals surface area contributed by atoms with Gasteiger partial charge in [-0.05, 0) is 24.3 Å². The van der Waals surface area contributed by atoms with Crippen molar-refractivity contribution >= 4 is 5.69 Å². The van der Waals surface area contributed by atoms with Gasteiger partial charge in [0.25, 0.3) is 0 Å². The van der Waals surface area contributed by atoms with Gasteiger partial charge in [0, 0.05) is 43.3 Å². The third kappa shape index (κ3) is 3.65. The summed E-state index contributed by atoms with van der Waals surface area (Å²) in [4.78, 5) is 11.2. The number of hydrogen-bond acceptors (Lipinski definition) is 6. The second-order valence-electron chi connectivity index (χ2n) is 6.11. The van der Waals surface area contributed by atoms with E-state index in [-0.39, 0.29) is 0 Å². The van der Waals surface area contributed by atoms with Crippen LogP contribution in [-0.4, -0.2) is 45.4 Å². The van der Waals surface area contributed by atoms with Gasteiger partial charge in [-0.25, -0.2) is 0 Å². The van der Waals surface area contributed by atoms with E-state index in [1.54, 1.807) is 33.7 Å². The Hall–Kier alpha value is -3.28. The number of anilines is 1. The fourth-order valence-corrected chi connectivity index (χ4v) is 2.90. The molecule has 6 nitrogen and oxygen atoms in total. The predicted molar refractivity (Wildman–Crippen MR) is 107 cm³/mol. The maximum absolute atomic E-state index is 5.47. The van der Waals surface area contributed by atoms with Crippen molar-refractivity contribution < 1.29 is 14.2 Å². The summed E-state index contributed by atoms with van der Waals surface area (Å²) in [6.07, 6.45) is 3.37. The van der Waals surface area contributed by atoms with Crippen molar-refractivity contribution in [3.05, 3.63) is 48.8 Å². The fraction of sp³-hybridized carbons (Fsp3) is 0.238. The lowest BCUT2D eigenvalue weighted by Gasteiger charge is -2.16. The van der Waals surface area contributed by atoms with Gasteiger partial charge in [0.1, 0.15) is 0 Å². The zero-order valence-corrected chi connectivity index (χ0v) is 16.2. The standard InChI is InChI=1S/C21H23N3O3/c1-24(2)16-8-6-14(7-9-16)19-20(23-11-10-22-19)15-12-17(25-3)21(27-5)18(13-15)26-4/h6-13H,1-5H3. The molecule has 6 heteroatoms. The molecule has 0 bridgehead atoms. The molecule has 27 heavy (non-hydrogen) atoms. The van der Waals surface area contributed by atoms with E-state index >= 15 is 0 Å². The number of nitrogens with zero attached hydrogens (tertiary/aromatic N) is 3. The van der Waals surface area contributed by atoms with Gasteiger partial charge in [-0.15, -0.1) is 0 Å². The van der Waals surface area contributed by atoms with Gasteiger partial charge in [-0.3, -0.25) is 9.97 Å². The largest absolute Gasteiger partial charge is 0.493 e. The second-order valence-corrected chi connectivity index (χ2v) is 6.11. The van der Waals surface area contributed by atoms with Crippen molar-refractivity contribution in [3.63, 3.8) is 0 Å². The third-order valence-corrected chi connectivity index (χ3v) is 4.29. The number of aromatic nitrogens is 2. The highest BCUT2D eigenvalue weighted by Crippen LogP contribution is 2.42. The van der Waals surface area contributed by atoms with E-state index in [0.29, 0.717) is 17.2 Å². The van der Waals surface area contributed by atoms with Gasteiger partial charge in [-0.2, -0.15) is 0 Å². The van der Waals surface area contributed by atoms with Crippen LogP contribution in [0.25, 0.3) is 22.5 Å². The minimum absolute atomic E-state index is 0.546. The third-order valence-electron chi connectivity index (χ3n) is 4.29. The van der Waals surface area contributed by atoms with Gasteiger partial charge in [0.15, 0.2) is 11.5 Å². The Morgan fingerprint density at radius 3 is 1.67 bits per heavy atom. The molecule has 0 spiro atoms. The van der Waals surface area contributed by atoms with Crippen molar-refractivity contribution in [2.75, 3.05) is 40.3 Å².